The molecule has 0 aliphatic heterocycles. The molecule has 0 aromatic heterocycles. The standard InChI is InChI=1S/C6H12BrFO2/c1-5(8)4-10-6(7)2-3-9/h5-6,9H,2-4H2,1H3. The Labute approximate surface area is 68.5 Å². The van der Waals surface area contributed by atoms with Crippen LogP contribution in [0.3, 0.4) is 0 Å². The maximum absolute atomic E-state index is 12.1. The van der Waals surface area contributed by atoms with Gasteiger partial charge in [0.05, 0.1) is 6.61 Å². The summed E-state index contributed by atoms with van der Waals surface area (Å²) in [5.74, 6) is 0. The fraction of sp³-hybridized carbons (Fsp3) is 1.00. The molecule has 0 spiro atoms. The Balaban J connectivity index is 3.12. The van der Waals surface area contributed by atoms with E-state index in [0.717, 1.165) is 0 Å². The van der Waals surface area contributed by atoms with E-state index in [4.69, 9.17) is 9.84 Å². The zero-order chi connectivity index (χ0) is 7.98. The van der Waals surface area contributed by atoms with Crippen molar-refractivity contribution in [1.82, 2.24) is 0 Å². The van der Waals surface area contributed by atoms with Gasteiger partial charge in [-0.3, -0.25) is 0 Å². The van der Waals surface area contributed by atoms with E-state index in [1.165, 1.54) is 6.92 Å². The summed E-state index contributed by atoms with van der Waals surface area (Å²) >= 11 is 3.12. The van der Waals surface area contributed by atoms with Crippen LogP contribution in [0.1, 0.15) is 13.3 Å². The van der Waals surface area contributed by atoms with Crippen LogP contribution in [0.5, 0.6) is 0 Å². The lowest BCUT2D eigenvalue weighted by Gasteiger charge is -2.09. The van der Waals surface area contributed by atoms with E-state index in [1.54, 1.807) is 0 Å². The average molecular weight is 215 g/mol. The van der Waals surface area contributed by atoms with Crippen LogP contribution in [0.15, 0.2) is 0 Å². The lowest BCUT2D eigenvalue weighted by molar-refractivity contribution is 0.0610. The molecule has 0 heterocycles. The number of alkyl halides is 2. The number of aliphatic hydroxyl groups is 1. The molecule has 0 aliphatic carbocycles. The van der Waals surface area contributed by atoms with Gasteiger partial charge in [0.25, 0.3) is 0 Å². The Morgan fingerprint density at radius 3 is 2.70 bits per heavy atom. The van der Waals surface area contributed by atoms with Gasteiger partial charge in [0.2, 0.25) is 0 Å². The molecule has 62 valence electrons. The lowest BCUT2D eigenvalue weighted by Crippen LogP contribution is -2.13. The quantitative estimate of drug-likeness (QED) is 0.703. The number of halogens is 2. The Kier molecular flexibility index (Phi) is 6.27. The molecule has 0 radical (unpaired) electrons. The molecule has 0 rings (SSSR count). The summed E-state index contributed by atoms with van der Waals surface area (Å²) in [5, 5.41) is 8.17. The highest BCUT2D eigenvalue weighted by atomic mass is 79.9. The molecule has 0 saturated heterocycles. The number of hydrogen-bond acceptors (Lipinski definition) is 2. The zero-order valence-corrected chi connectivity index (χ0v) is 7.47. The smallest absolute Gasteiger partial charge is 0.121 e. The highest BCUT2D eigenvalue weighted by molar-refractivity contribution is 9.09. The van der Waals surface area contributed by atoms with E-state index in [2.05, 4.69) is 15.9 Å². The normalized spacial score (nSPS) is 16.8. The maximum Gasteiger partial charge on any atom is 0.121 e. The number of ether oxygens (including phenoxy) is 1. The predicted molar refractivity (Wildman–Crippen MR) is 40.9 cm³/mol. The van der Waals surface area contributed by atoms with Crippen LogP contribution in [0.4, 0.5) is 4.39 Å². The largest absolute Gasteiger partial charge is 0.396 e. The lowest BCUT2D eigenvalue weighted by atomic mass is 10.4. The molecule has 1 N–H and O–H groups in total. The molecular formula is C6H12BrFO2. The van der Waals surface area contributed by atoms with Crippen molar-refractivity contribution in [3.8, 4) is 0 Å². The van der Waals surface area contributed by atoms with Gasteiger partial charge >= 0.3 is 0 Å². The summed E-state index contributed by atoms with van der Waals surface area (Å²) in [5.41, 5.74) is 0. The molecule has 0 saturated carbocycles. The molecule has 0 amide bonds. The Hall–Kier alpha value is 0.330. The van der Waals surface area contributed by atoms with Crippen LogP contribution in [-0.4, -0.2) is 29.5 Å². The predicted octanol–water partition coefficient (Wildman–Crippen LogP) is 1.46. The first-order valence-electron chi connectivity index (χ1n) is 3.17. The summed E-state index contributed by atoms with van der Waals surface area (Å²) in [6.07, 6.45) is -0.453. The molecule has 0 bridgehead atoms. The van der Waals surface area contributed by atoms with Gasteiger partial charge in [0.15, 0.2) is 0 Å². The Bertz CT molecular complexity index is 80.1. The van der Waals surface area contributed by atoms with Gasteiger partial charge < -0.3 is 9.84 Å². The summed E-state index contributed by atoms with van der Waals surface area (Å²) < 4.78 is 17.0. The molecule has 0 aliphatic rings. The van der Waals surface area contributed by atoms with Crippen LogP contribution in [0.2, 0.25) is 0 Å². The second-order valence-electron chi connectivity index (χ2n) is 2.04. The van der Waals surface area contributed by atoms with Crippen molar-refractivity contribution in [2.24, 2.45) is 0 Å². The number of rotatable bonds is 5. The van der Waals surface area contributed by atoms with Crippen LogP contribution in [0.25, 0.3) is 0 Å². The van der Waals surface area contributed by atoms with Gasteiger partial charge in [-0.2, -0.15) is 0 Å². The molecular weight excluding hydrogens is 203 g/mol. The van der Waals surface area contributed by atoms with Crippen molar-refractivity contribution < 1.29 is 14.2 Å². The second kappa shape index (κ2) is 6.07. The van der Waals surface area contributed by atoms with E-state index in [-0.39, 0.29) is 18.2 Å². The maximum atomic E-state index is 12.1. The minimum atomic E-state index is -0.946. The summed E-state index contributed by atoms with van der Waals surface area (Å²) in [6.45, 7) is 1.56. The van der Waals surface area contributed by atoms with Crippen molar-refractivity contribution in [3.05, 3.63) is 0 Å². The second-order valence-corrected chi connectivity index (χ2v) is 3.06. The van der Waals surface area contributed by atoms with Gasteiger partial charge in [-0.25, -0.2) is 4.39 Å². The molecule has 0 aromatic rings. The first-order chi connectivity index (χ1) is 4.66. The third kappa shape index (κ3) is 6.45. The van der Waals surface area contributed by atoms with E-state index in [1.807, 2.05) is 0 Å². The topological polar surface area (TPSA) is 29.5 Å². The Morgan fingerprint density at radius 2 is 2.30 bits per heavy atom. The minimum Gasteiger partial charge on any atom is -0.396 e. The van der Waals surface area contributed by atoms with E-state index < -0.39 is 6.17 Å². The van der Waals surface area contributed by atoms with Crippen LogP contribution in [0, 0.1) is 0 Å². The molecule has 4 heteroatoms. The van der Waals surface area contributed by atoms with Crippen LogP contribution >= 0.6 is 15.9 Å². The third-order valence-electron chi connectivity index (χ3n) is 0.863. The molecule has 0 aromatic carbocycles. The van der Waals surface area contributed by atoms with Gasteiger partial charge in [0, 0.05) is 13.0 Å². The molecule has 10 heavy (non-hydrogen) atoms. The molecule has 2 atom stereocenters. The minimum absolute atomic E-state index is 0.0522. The summed E-state index contributed by atoms with van der Waals surface area (Å²) in [4.78, 5) is 0. The van der Waals surface area contributed by atoms with Crippen molar-refractivity contribution >= 4 is 15.9 Å². The van der Waals surface area contributed by atoms with Gasteiger partial charge in [-0.05, 0) is 6.92 Å². The van der Waals surface area contributed by atoms with E-state index >= 15 is 0 Å². The van der Waals surface area contributed by atoms with Crippen molar-refractivity contribution in [1.29, 1.82) is 0 Å². The highest BCUT2D eigenvalue weighted by Gasteiger charge is 2.05. The van der Waals surface area contributed by atoms with Gasteiger partial charge in [-0.1, -0.05) is 15.9 Å². The molecule has 0 fully saturated rings. The van der Waals surface area contributed by atoms with E-state index in [9.17, 15) is 4.39 Å². The number of hydrogen-bond donors (Lipinski definition) is 1. The fourth-order valence-corrected chi connectivity index (χ4v) is 0.779. The SMILES string of the molecule is CC(F)COC(Br)CCO. The van der Waals surface area contributed by atoms with Gasteiger partial charge in [0.1, 0.15) is 11.2 Å². The van der Waals surface area contributed by atoms with Crippen LogP contribution in [-0.2, 0) is 4.74 Å². The third-order valence-corrected chi connectivity index (χ3v) is 1.58. The van der Waals surface area contributed by atoms with Crippen molar-refractivity contribution in [2.75, 3.05) is 13.2 Å². The van der Waals surface area contributed by atoms with Crippen molar-refractivity contribution in [3.63, 3.8) is 0 Å². The van der Waals surface area contributed by atoms with Crippen LogP contribution < -0.4 is 0 Å². The highest BCUT2D eigenvalue weighted by Crippen LogP contribution is 2.06. The van der Waals surface area contributed by atoms with E-state index in [0.29, 0.717) is 6.42 Å². The molecule has 2 unspecified atom stereocenters. The fourth-order valence-electron chi connectivity index (χ4n) is 0.422. The first-order valence-corrected chi connectivity index (χ1v) is 4.09. The monoisotopic (exact) mass is 214 g/mol. The number of aliphatic hydroxyl groups excluding tert-OH is 1. The summed E-state index contributed by atoms with van der Waals surface area (Å²) in [6, 6.07) is 0. The Morgan fingerprint density at radius 1 is 1.70 bits per heavy atom. The first kappa shape index (κ1) is 10.3. The average Bonchev–Trinajstić information content (AvgIpc) is 1.85. The molecule has 2 nitrogen and oxygen atoms in total. The zero-order valence-electron chi connectivity index (χ0n) is 5.89. The van der Waals surface area contributed by atoms with Gasteiger partial charge in [-0.15, -0.1) is 0 Å². The summed E-state index contributed by atoms with van der Waals surface area (Å²) in [7, 11) is 0. The van der Waals surface area contributed by atoms with Crippen molar-refractivity contribution in [2.45, 2.75) is 24.5 Å².